The summed E-state index contributed by atoms with van der Waals surface area (Å²) in [5, 5.41) is 5.06. The average Bonchev–Trinajstić information content (AvgIpc) is 3.36. The predicted molar refractivity (Wildman–Crippen MR) is 148 cm³/mol. The normalized spacial score (nSPS) is 11.1. The zero-order valence-corrected chi connectivity index (χ0v) is 20.9. The molecule has 6 rings (SSSR count). The summed E-state index contributed by atoms with van der Waals surface area (Å²) < 4.78 is 10.8. The number of benzene rings is 4. The van der Waals surface area contributed by atoms with Gasteiger partial charge in [0.15, 0.2) is 17.3 Å². The number of nitrogens with zero attached hydrogens (tertiary/aromatic N) is 3. The number of anilines is 2. The van der Waals surface area contributed by atoms with Gasteiger partial charge in [-0.3, -0.25) is 0 Å². The molecule has 0 amide bonds. The molecule has 0 unspecified atom stereocenters. The maximum Gasteiger partial charge on any atom is 0.162 e. The van der Waals surface area contributed by atoms with Crippen molar-refractivity contribution in [3.05, 3.63) is 90.0 Å². The second-order valence-corrected chi connectivity index (χ2v) is 8.87. The third-order valence-corrected chi connectivity index (χ3v) is 6.35. The molecule has 2 aromatic heterocycles. The summed E-state index contributed by atoms with van der Waals surface area (Å²) in [5.74, 6) is 3.35. The van der Waals surface area contributed by atoms with E-state index in [1.165, 1.54) is 0 Å². The van der Waals surface area contributed by atoms with Gasteiger partial charge in [0.05, 0.1) is 30.8 Å². The summed E-state index contributed by atoms with van der Waals surface area (Å²) >= 11 is 6.11. The van der Waals surface area contributed by atoms with Gasteiger partial charge in [0.2, 0.25) is 0 Å². The van der Waals surface area contributed by atoms with Gasteiger partial charge in [-0.05, 0) is 72.8 Å². The number of hydrogen-bond donors (Lipinski definition) is 2. The molecule has 0 atom stereocenters. The number of hydrogen-bond acceptors (Lipinski definition) is 6. The summed E-state index contributed by atoms with van der Waals surface area (Å²) in [4.78, 5) is 17.7. The lowest BCUT2D eigenvalue weighted by molar-refractivity contribution is 0.355. The fourth-order valence-corrected chi connectivity index (χ4v) is 4.42. The van der Waals surface area contributed by atoms with Crippen molar-refractivity contribution in [3.8, 4) is 34.3 Å². The first-order valence-corrected chi connectivity index (χ1v) is 12.0. The monoisotopic (exact) mass is 507 g/mol. The molecular formula is C29H22ClN5O2. The molecule has 0 bridgehead atoms. The van der Waals surface area contributed by atoms with E-state index < -0.39 is 0 Å². The first-order valence-electron chi connectivity index (χ1n) is 11.6. The van der Waals surface area contributed by atoms with Crippen molar-refractivity contribution in [1.82, 2.24) is 19.9 Å². The van der Waals surface area contributed by atoms with E-state index in [1.54, 1.807) is 14.2 Å². The van der Waals surface area contributed by atoms with E-state index in [0.29, 0.717) is 28.2 Å². The van der Waals surface area contributed by atoms with Crippen molar-refractivity contribution in [1.29, 1.82) is 0 Å². The molecule has 2 N–H and O–H groups in total. The van der Waals surface area contributed by atoms with Gasteiger partial charge in [0.25, 0.3) is 0 Å². The van der Waals surface area contributed by atoms with Crippen LogP contribution < -0.4 is 14.8 Å². The van der Waals surface area contributed by atoms with Crippen molar-refractivity contribution in [3.63, 3.8) is 0 Å². The van der Waals surface area contributed by atoms with Gasteiger partial charge in [-0.2, -0.15) is 0 Å². The molecule has 0 saturated carbocycles. The molecule has 0 aliphatic carbocycles. The topological polar surface area (TPSA) is 85.0 Å². The number of aromatic nitrogens is 4. The molecule has 8 heteroatoms. The number of aromatic amines is 1. The van der Waals surface area contributed by atoms with Crippen molar-refractivity contribution in [2.45, 2.75) is 0 Å². The Kier molecular flexibility index (Phi) is 5.82. The highest BCUT2D eigenvalue weighted by Gasteiger charge is 2.13. The second kappa shape index (κ2) is 9.44. The van der Waals surface area contributed by atoms with Crippen LogP contribution >= 0.6 is 11.6 Å². The number of ether oxygens (including phenoxy) is 2. The van der Waals surface area contributed by atoms with E-state index in [1.807, 2.05) is 84.9 Å². The smallest absolute Gasteiger partial charge is 0.162 e. The third-order valence-electron chi connectivity index (χ3n) is 6.11. The quantitative estimate of drug-likeness (QED) is 0.247. The van der Waals surface area contributed by atoms with Gasteiger partial charge < -0.3 is 19.8 Å². The van der Waals surface area contributed by atoms with Gasteiger partial charge in [0.1, 0.15) is 11.6 Å². The molecule has 182 valence electrons. The number of para-hydroxylation sites is 1. The molecule has 2 heterocycles. The number of rotatable bonds is 6. The molecule has 0 aliphatic rings. The van der Waals surface area contributed by atoms with E-state index in [2.05, 4.69) is 15.3 Å². The molecule has 6 aromatic rings. The summed E-state index contributed by atoms with van der Waals surface area (Å²) in [6.45, 7) is 0. The maximum absolute atomic E-state index is 6.11. The zero-order chi connectivity index (χ0) is 25.4. The van der Waals surface area contributed by atoms with Crippen LogP contribution in [0.2, 0.25) is 5.02 Å². The van der Waals surface area contributed by atoms with E-state index in [9.17, 15) is 0 Å². The Bertz CT molecular complexity index is 1750. The summed E-state index contributed by atoms with van der Waals surface area (Å²) in [6.07, 6.45) is 0. The SMILES string of the molecule is COc1ccc(-c2nc(Nc3ccc(-c4nc5ccc(Cl)cc5[nH]4)cc3)c3ccccc3n2)cc1OC. The summed E-state index contributed by atoms with van der Waals surface area (Å²) in [6, 6.07) is 27.2. The molecule has 0 aliphatic heterocycles. The number of H-pyrrole nitrogens is 1. The van der Waals surface area contributed by atoms with Crippen LogP contribution in [-0.4, -0.2) is 34.2 Å². The Balaban J connectivity index is 1.35. The minimum Gasteiger partial charge on any atom is -0.493 e. The zero-order valence-electron chi connectivity index (χ0n) is 20.1. The van der Waals surface area contributed by atoms with Crippen LogP contribution in [0.4, 0.5) is 11.5 Å². The minimum atomic E-state index is 0.583. The molecule has 0 spiro atoms. The second-order valence-electron chi connectivity index (χ2n) is 8.43. The van der Waals surface area contributed by atoms with Gasteiger partial charge in [0, 0.05) is 27.2 Å². The lowest BCUT2D eigenvalue weighted by Crippen LogP contribution is -2.00. The Morgan fingerprint density at radius 2 is 1.51 bits per heavy atom. The van der Waals surface area contributed by atoms with Crippen molar-refractivity contribution >= 4 is 45.0 Å². The Morgan fingerprint density at radius 3 is 2.32 bits per heavy atom. The summed E-state index contributed by atoms with van der Waals surface area (Å²) in [5.41, 5.74) is 5.30. The molecule has 0 radical (unpaired) electrons. The van der Waals surface area contributed by atoms with Crippen LogP contribution in [0.3, 0.4) is 0 Å². The van der Waals surface area contributed by atoms with Gasteiger partial charge in [-0.15, -0.1) is 0 Å². The maximum atomic E-state index is 6.11. The van der Waals surface area contributed by atoms with Gasteiger partial charge in [-0.1, -0.05) is 23.7 Å². The molecule has 37 heavy (non-hydrogen) atoms. The average molecular weight is 508 g/mol. The minimum absolute atomic E-state index is 0.583. The molecule has 0 saturated heterocycles. The largest absolute Gasteiger partial charge is 0.493 e. The Labute approximate surface area is 218 Å². The van der Waals surface area contributed by atoms with Crippen LogP contribution in [0.25, 0.3) is 44.7 Å². The molecule has 7 nitrogen and oxygen atoms in total. The van der Waals surface area contributed by atoms with Crippen molar-refractivity contribution in [2.24, 2.45) is 0 Å². The van der Waals surface area contributed by atoms with E-state index >= 15 is 0 Å². The highest BCUT2D eigenvalue weighted by Crippen LogP contribution is 2.33. The number of methoxy groups -OCH3 is 2. The molecule has 4 aromatic carbocycles. The number of halogens is 1. The molecule has 0 fully saturated rings. The Morgan fingerprint density at radius 1 is 0.730 bits per heavy atom. The van der Waals surface area contributed by atoms with E-state index in [4.69, 9.17) is 31.0 Å². The van der Waals surface area contributed by atoms with Crippen LogP contribution in [-0.2, 0) is 0 Å². The first kappa shape index (κ1) is 22.8. The van der Waals surface area contributed by atoms with Gasteiger partial charge >= 0.3 is 0 Å². The van der Waals surface area contributed by atoms with Crippen LogP contribution in [0.1, 0.15) is 0 Å². The number of imidazole rings is 1. The number of nitrogens with one attached hydrogen (secondary N) is 2. The first-order chi connectivity index (χ1) is 18.1. The Hall–Kier alpha value is -4.62. The van der Waals surface area contributed by atoms with E-state index in [0.717, 1.165) is 44.6 Å². The highest BCUT2D eigenvalue weighted by molar-refractivity contribution is 6.31. The highest BCUT2D eigenvalue weighted by atomic mass is 35.5. The fourth-order valence-electron chi connectivity index (χ4n) is 4.24. The standard InChI is InChI=1S/C29H22ClN5O2/c1-36-25-14-9-18(15-26(25)37-2)28-32-22-6-4-3-5-21(22)29(35-28)31-20-11-7-17(8-12-20)27-33-23-13-10-19(30)16-24(23)34-27/h3-16H,1-2H3,(H,33,34)(H,31,32,35). The fraction of sp³-hybridized carbons (Fsp3) is 0.0690. The lowest BCUT2D eigenvalue weighted by Gasteiger charge is -2.13. The van der Waals surface area contributed by atoms with Crippen molar-refractivity contribution in [2.75, 3.05) is 19.5 Å². The van der Waals surface area contributed by atoms with Gasteiger partial charge in [-0.25, -0.2) is 15.0 Å². The van der Waals surface area contributed by atoms with Crippen LogP contribution in [0.15, 0.2) is 84.9 Å². The van der Waals surface area contributed by atoms with Crippen molar-refractivity contribution < 1.29 is 9.47 Å². The van der Waals surface area contributed by atoms with E-state index in [-0.39, 0.29) is 0 Å². The predicted octanol–water partition coefficient (Wildman–Crippen LogP) is 7.25. The van der Waals surface area contributed by atoms with Crippen LogP contribution in [0, 0.1) is 0 Å². The molecular weight excluding hydrogens is 486 g/mol. The summed E-state index contributed by atoms with van der Waals surface area (Å²) in [7, 11) is 3.22. The number of fused-ring (bicyclic) bond motifs is 2. The lowest BCUT2D eigenvalue weighted by atomic mass is 10.1. The third kappa shape index (κ3) is 4.41. The van der Waals surface area contributed by atoms with Crippen LogP contribution in [0.5, 0.6) is 11.5 Å².